The van der Waals surface area contributed by atoms with Crippen molar-refractivity contribution in [2.75, 3.05) is 0 Å². The van der Waals surface area contributed by atoms with Gasteiger partial charge in [-0.25, -0.2) is 14.1 Å². The van der Waals surface area contributed by atoms with E-state index in [4.69, 9.17) is 15.6 Å². The third-order valence-electron chi connectivity index (χ3n) is 5.61. The second-order valence-electron chi connectivity index (χ2n) is 8.63. The summed E-state index contributed by atoms with van der Waals surface area (Å²) >= 11 is 0. The minimum absolute atomic E-state index is 0.00276. The second-order valence-corrected chi connectivity index (χ2v) is 8.63. The SMILES string of the molecule is Cc1ccn(-c2ccc(F)cc2[C@@H](Oc2cc(-c3ccc(C[C@H](N)C(=O)O)cc3)nc(C)n2)C(F)(F)F)n1. The third-order valence-corrected chi connectivity index (χ3v) is 5.61. The Hall–Kier alpha value is -4.32. The number of aryl methyl sites for hydroxylation is 2. The highest BCUT2D eigenvalue weighted by Crippen LogP contribution is 2.39. The minimum Gasteiger partial charge on any atom is -0.480 e. The molecule has 2 aromatic carbocycles. The maximum absolute atomic E-state index is 14.3. The van der Waals surface area contributed by atoms with E-state index >= 15 is 0 Å². The van der Waals surface area contributed by atoms with E-state index in [2.05, 4.69) is 15.1 Å². The molecule has 0 amide bonds. The number of alkyl halides is 3. The fourth-order valence-corrected chi connectivity index (χ4v) is 3.82. The fourth-order valence-electron chi connectivity index (χ4n) is 3.82. The second kappa shape index (κ2) is 10.6. The van der Waals surface area contributed by atoms with Crippen molar-refractivity contribution in [3.05, 3.63) is 89.3 Å². The Morgan fingerprint density at radius 2 is 1.79 bits per heavy atom. The molecule has 0 bridgehead atoms. The molecule has 198 valence electrons. The molecule has 0 radical (unpaired) electrons. The van der Waals surface area contributed by atoms with Crippen molar-refractivity contribution in [2.24, 2.45) is 5.73 Å². The summed E-state index contributed by atoms with van der Waals surface area (Å²) in [6.07, 6.45) is -5.90. The highest BCUT2D eigenvalue weighted by Gasteiger charge is 2.45. The summed E-state index contributed by atoms with van der Waals surface area (Å²) < 4.78 is 63.6. The Labute approximate surface area is 214 Å². The molecule has 0 saturated heterocycles. The average Bonchev–Trinajstić information content (AvgIpc) is 3.27. The van der Waals surface area contributed by atoms with Gasteiger partial charge in [0.1, 0.15) is 17.7 Å². The number of halogens is 4. The standard InChI is InChI=1S/C26H23F4N5O3/c1-14-9-10-35(34-14)22-8-7-18(27)12-19(22)24(26(28,29)30)38-23-13-21(32-15(2)33-23)17-5-3-16(4-6-17)11-20(31)25(36)37/h3-10,12-13,20,24H,11,31H2,1-2H3,(H,36,37)/t20-,24+/m0/s1. The van der Waals surface area contributed by atoms with Crippen molar-refractivity contribution in [3.63, 3.8) is 0 Å². The molecule has 4 aromatic rings. The van der Waals surface area contributed by atoms with Gasteiger partial charge in [-0.3, -0.25) is 4.79 Å². The van der Waals surface area contributed by atoms with Crippen LogP contribution in [0.25, 0.3) is 16.9 Å². The van der Waals surface area contributed by atoms with E-state index in [1.54, 1.807) is 37.3 Å². The molecular weight excluding hydrogens is 506 g/mol. The van der Waals surface area contributed by atoms with Gasteiger partial charge in [0.2, 0.25) is 12.0 Å². The number of hydrogen-bond donors (Lipinski definition) is 2. The van der Waals surface area contributed by atoms with Crippen molar-refractivity contribution in [1.82, 2.24) is 19.7 Å². The van der Waals surface area contributed by atoms with Gasteiger partial charge < -0.3 is 15.6 Å². The topological polar surface area (TPSA) is 116 Å². The predicted octanol–water partition coefficient (Wildman–Crippen LogP) is 4.72. The summed E-state index contributed by atoms with van der Waals surface area (Å²) in [4.78, 5) is 19.3. The van der Waals surface area contributed by atoms with Crippen LogP contribution in [0.3, 0.4) is 0 Å². The Balaban J connectivity index is 1.69. The van der Waals surface area contributed by atoms with Crippen LogP contribution in [0.1, 0.15) is 28.7 Å². The number of ether oxygens (including phenoxy) is 1. The molecule has 0 aliphatic carbocycles. The Kier molecular flexibility index (Phi) is 7.44. The molecule has 2 heterocycles. The van der Waals surface area contributed by atoms with Gasteiger partial charge in [-0.1, -0.05) is 24.3 Å². The summed E-state index contributed by atoms with van der Waals surface area (Å²) in [5.41, 5.74) is 7.14. The number of rotatable bonds is 8. The zero-order valence-electron chi connectivity index (χ0n) is 20.3. The lowest BCUT2D eigenvalue weighted by Gasteiger charge is -2.24. The maximum atomic E-state index is 14.3. The van der Waals surface area contributed by atoms with Crippen LogP contribution in [0.2, 0.25) is 0 Å². The van der Waals surface area contributed by atoms with Gasteiger partial charge in [0.05, 0.1) is 17.1 Å². The first-order valence-corrected chi connectivity index (χ1v) is 11.4. The molecule has 12 heteroatoms. The summed E-state index contributed by atoms with van der Waals surface area (Å²) in [5.74, 6) is -2.21. The van der Waals surface area contributed by atoms with Crippen molar-refractivity contribution in [2.45, 2.75) is 38.6 Å². The molecule has 0 unspecified atom stereocenters. The molecule has 8 nitrogen and oxygen atoms in total. The van der Waals surface area contributed by atoms with Crippen molar-refractivity contribution >= 4 is 5.97 Å². The molecule has 2 aromatic heterocycles. The first-order chi connectivity index (χ1) is 17.9. The van der Waals surface area contributed by atoms with Crippen molar-refractivity contribution < 1.29 is 32.2 Å². The lowest BCUT2D eigenvalue weighted by atomic mass is 10.0. The lowest BCUT2D eigenvalue weighted by molar-refractivity contribution is -0.198. The number of aliphatic carboxylic acids is 1. The number of carboxylic acids is 1. The summed E-state index contributed by atoms with van der Waals surface area (Å²) in [5, 5.41) is 13.1. The molecule has 0 aliphatic heterocycles. The first-order valence-electron chi connectivity index (χ1n) is 11.4. The summed E-state index contributed by atoms with van der Waals surface area (Å²) in [6, 6.07) is 11.4. The molecule has 0 aliphatic rings. The van der Waals surface area contributed by atoms with Gasteiger partial charge in [-0.05, 0) is 50.1 Å². The molecule has 2 atom stereocenters. The van der Waals surface area contributed by atoms with Crippen LogP contribution >= 0.6 is 0 Å². The van der Waals surface area contributed by atoms with E-state index in [0.717, 1.165) is 12.1 Å². The predicted molar refractivity (Wildman–Crippen MR) is 129 cm³/mol. The highest BCUT2D eigenvalue weighted by atomic mass is 19.4. The lowest BCUT2D eigenvalue weighted by Crippen LogP contribution is -2.32. The smallest absolute Gasteiger partial charge is 0.429 e. The average molecular weight is 529 g/mol. The largest absolute Gasteiger partial charge is 0.480 e. The molecule has 0 fully saturated rings. The van der Waals surface area contributed by atoms with Gasteiger partial charge >= 0.3 is 12.1 Å². The van der Waals surface area contributed by atoms with Crippen molar-refractivity contribution in [3.8, 4) is 22.8 Å². The third kappa shape index (κ3) is 6.14. The zero-order chi connectivity index (χ0) is 27.6. The Morgan fingerprint density at radius 1 is 1.08 bits per heavy atom. The van der Waals surface area contributed by atoms with Crippen LogP contribution in [0.5, 0.6) is 5.88 Å². The molecule has 4 rings (SSSR count). The monoisotopic (exact) mass is 529 g/mol. The normalized spacial score (nSPS) is 13.2. The van der Waals surface area contributed by atoms with Crippen LogP contribution in [0, 0.1) is 19.7 Å². The van der Waals surface area contributed by atoms with Gasteiger partial charge in [-0.15, -0.1) is 0 Å². The van der Waals surface area contributed by atoms with Crippen LogP contribution in [-0.4, -0.2) is 43.0 Å². The van der Waals surface area contributed by atoms with E-state index in [0.29, 0.717) is 16.8 Å². The quantitative estimate of drug-likeness (QED) is 0.317. The van der Waals surface area contributed by atoms with Gasteiger partial charge in [-0.2, -0.15) is 23.3 Å². The zero-order valence-corrected chi connectivity index (χ0v) is 20.3. The van der Waals surface area contributed by atoms with Crippen LogP contribution in [0.4, 0.5) is 17.6 Å². The summed E-state index contributed by atoms with van der Waals surface area (Å²) in [6.45, 7) is 3.18. The van der Waals surface area contributed by atoms with E-state index < -0.39 is 35.7 Å². The molecule has 38 heavy (non-hydrogen) atoms. The minimum atomic E-state index is -4.92. The van der Waals surface area contributed by atoms with E-state index in [1.807, 2.05) is 0 Å². The van der Waals surface area contributed by atoms with Gasteiger partial charge in [0.15, 0.2) is 0 Å². The number of aromatic nitrogens is 4. The Morgan fingerprint density at radius 3 is 2.39 bits per heavy atom. The highest BCUT2D eigenvalue weighted by molar-refractivity contribution is 5.73. The molecule has 0 spiro atoms. The number of carboxylic acid groups (broad SMARTS) is 1. The van der Waals surface area contributed by atoms with Gasteiger partial charge in [0.25, 0.3) is 0 Å². The van der Waals surface area contributed by atoms with E-state index in [1.165, 1.54) is 29.9 Å². The Bertz CT molecular complexity index is 1450. The first kappa shape index (κ1) is 26.7. The van der Waals surface area contributed by atoms with Crippen LogP contribution in [0.15, 0.2) is 60.8 Å². The van der Waals surface area contributed by atoms with Gasteiger partial charge in [0, 0.05) is 23.4 Å². The molecular formula is C26H23F4N5O3. The van der Waals surface area contributed by atoms with E-state index in [-0.39, 0.29) is 29.5 Å². The van der Waals surface area contributed by atoms with E-state index in [9.17, 15) is 22.4 Å². The summed E-state index contributed by atoms with van der Waals surface area (Å²) in [7, 11) is 0. The fraction of sp³-hybridized carbons (Fsp3) is 0.231. The number of nitrogens with two attached hydrogens (primary N) is 1. The number of nitrogens with zero attached hydrogens (tertiary/aromatic N) is 4. The number of hydrogen-bond acceptors (Lipinski definition) is 6. The van der Waals surface area contributed by atoms with Crippen LogP contribution in [-0.2, 0) is 11.2 Å². The number of benzene rings is 2. The molecule has 0 saturated carbocycles. The number of carbonyl (C=O) groups is 1. The van der Waals surface area contributed by atoms with Crippen molar-refractivity contribution in [1.29, 1.82) is 0 Å². The van der Waals surface area contributed by atoms with Crippen LogP contribution < -0.4 is 10.5 Å². The maximum Gasteiger partial charge on any atom is 0.429 e. The molecule has 3 N–H and O–H groups in total.